The molecular weight excluding hydrogens is 306 g/mol. The number of nitrogens with one attached hydrogen (secondary N) is 1. The highest BCUT2D eigenvalue weighted by Gasteiger charge is 2.16. The van der Waals surface area contributed by atoms with E-state index >= 15 is 0 Å². The molecule has 1 amide bonds. The molecule has 0 heterocycles. The van der Waals surface area contributed by atoms with Gasteiger partial charge in [0.2, 0.25) is 0 Å². The Hall–Kier alpha value is -2.69. The summed E-state index contributed by atoms with van der Waals surface area (Å²) in [6.45, 7) is 4.60. The minimum Gasteiger partial charge on any atom is -0.494 e. The zero-order chi connectivity index (χ0) is 17.4. The van der Waals surface area contributed by atoms with Gasteiger partial charge in [-0.1, -0.05) is 30.3 Å². The first kappa shape index (κ1) is 17.7. The lowest BCUT2D eigenvalue weighted by atomic mass is 10.2. The lowest BCUT2D eigenvalue weighted by Gasteiger charge is -2.17. The molecule has 0 aliphatic heterocycles. The van der Waals surface area contributed by atoms with Crippen LogP contribution in [-0.4, -0.2) is 25.7 Å². The van der Waals surface area contributed by atoms with Gasteiger partial charge in [-0.2, -0.15) is 0 Å². The molecule has 2 aromatic rings. The van der Waals surface area contributed by atoms with Gasteiger partial charge in [0, 0.05) is 12.1 Å². The molecule has 0 saturated heterocycles. The van der Waals surface area contributed by atoms with Gasteiger partial charge in [0.1, 0.15) is 5.75 Å². The van der Waals surface area contributed by atoms with Gasteiger partial charge in [-0.25, -0.2) is 0 Å². The highest BCUT2D eigenvalue weighted by atomic mass is 16.5. The lowest BCUT2D eigenvalue weighted by molar-refractivity contribution is -0.127. The second-order valence-corrected chi connectivity index (χ2v) is 5.17. The third kappa shape index (κ3) is 4.65. The van der Waals surface area contributed by atoms with Gasteiger partial charge < -0.3 is 19.5 Å². The highest BCUT2D eigenvalue weighted by molar-refractivity contribution is 5.80. The molecule has 1 atom stereocenters. The van der Waals surface area contributed by atoms with Crippen LogP contribution in [0.15, 0.2) is 48.5 Å². The Morgan fingerprint density at radius 3 is 2.33 bits per heavy atom. The molecular formula is C19H23NO4. The van der Waals surface area contributed by atoms with Gasteiger partial charge in [-0.15, -0.1) is 0 Å². The van der Waals surface area contributed by atoms with Crippen LogP contribution < -0.4 is 19.5 Å². The van der Waals surface area contributed by atoms with E-state index in [1.165, 1.54) is 0 Å². The molecule has 2 rings (SSSR count). The van der Waals surface area contributed by atoms with Crippen molar-refractivity contribution in [1.82, 2.24) is 5.32 Å². The van der Waals surface area contributed by atoms with E-state index in [-0.39, 0.29) is 5.91 Å². The number of carbonyl (C=O) groups is 1. The molecule has 5 heteroatoms. The number of amides is 1. The maximum absolute atomic E-state index is 12.3. The van der Waals surface area contributed by atoms with E-state index < -0.39 is 6.10 Å². The minimum absolute atomic E-state index is 0.202. The third-order valence-corrected chi connectivity index (χ3v) is 3.47. The van der Waals surface area contributed by atoms with Crippen LogP contribution in [0.4, 0.5) is 0 Å². The molecule has 0 fully saturated rings. The second kappa shape index (κ2) is 8.82. The van der Waals surface area contributed by atoms with Crippen LogP contribution >= 0.6 is 0 Å². The fraction of sp³-hybridized carbons (Fsp3) is 0.316. The first-order chi connectivity index (χ1) is 11.7. The third-order valence-electron chi connectivity index (χ3n) is 3.47. The second-order valence-electron chi connectivity index (χ2n) is 5.17. The van der Waals surface area contributed by atoms with Crippen molar-refractivity contribution in [3.63, 3.8) is 0 Å². The molecule has 0 aliphatic rings. The van der Waals surface area contributed by atoms with Crippen LogP contribution in [0.25, 0.3) is 0 Å². The summed E-state index contributed by atoms with van der Waals surface area (Å²) in [5, 5.41) is 2.87. The van der Waals surface area contributed by atoms with Crippen LogP contribution in [0, 0.1) is 0 Å². The first-order valence-corrected chi connectivity index (χ1v) is 7.93. The zero-order valence-electron chi connectivity index (χ0n) is 14.2. The Kier molecular flexibility index (Phi) is 6.49. The van der Waals surface area contributed by atoms with Gasteiger partial charge >= 0.3 is 0 Å². The van der Waals surface area contributed by atoms with Crippen molar-refractivity contribution in [2.45, 2.75) is 26.5 Å². The van der Waals surface area contributed by atoms with Crippen LogP contribution in [-0.2, 0) is 11.3 Å². The van der Waals surface area contributed by atoms with Crippen molar-refractivity contribution in [2.24, 2.45) is 0 Å². The maximum atomic E-state index is 12.3. The number of hydrogen-bond donors (Lipinski definition) is 1. The Balaban J connectivity index is 1.95. The SMILES string of the molecule is CCOc1ccccc1CNC(=O)[C@@H](C)Oc1ccccc1OC. The molecule has 0 aromatic heterocycles. The van der Waals surface area contributed by atoms with E-state index in [4.69, 9.17) is 14.2 Å². The number of ether oxygens (including phenoxy) is 3. The van der Waals surface area contributed by atoms with Crippen LogP contribution in [0.5, 0.6) is 17.2 Å². The predicted molar refractivity (Wildman–Crippen MR) is 92.5 cm³/mol. The average molecular weight is 329 g/mol. The number of rotatable bonds is 8. The van der Waals surface area contributed by atoms with E-state index in [1.54, 1.807) is 26.2 Å². The van der Waals surface area contributed by atoms with E-state index in [1.807, 2.05) is 43.3 Å². The number of methoxy groups -OCH3 is 1. The number of hydrogen-bond acceptors (Lipinski definition) is 4. The average Bonchev–Trinajstić information content (AvgIpc) is 2.61. The molecule has 24 heavy (non-hydrogen) atoms. The van der Waals surface area contributed by atoms with Crippen molar-refractivity contribution < 1.29 is 19.0 Å². The summed E-state index contributed by atoms with van der Waals surface area (Å²) in [6, 6.07) is 14.9. The van der Waals surface area contributed by atoms with Crippen molar-refractivity contribution in [3.8, 4) is 17.2 Å². The summed E-state index contributed by atoms with van der Waals surface area (Å²) in [6.07, 6.45) is -0.638. The van der Waals surface area contributed by atoms with Crippen LogP contribution in [0.1, 0.15) is 19.4 Å². The van der Waals surface area contributed by atoms with Gasteiger partial charge in [0.25, 0.3) is 5.91 Å². The Labute approximate surface area is 142 Å². The Morgan fingerprint density at radius 1 is 1.04 bits per heavy atom. The van der Waals surface area contributed by atoms with Crippen molar-refractivity contribution >= 4 is 5.91 Å². The number of para-hydroxylation sites is 3. The molecule has 5 nitrogen and oxygen atoms in total. The molecule has 0 spiro atoms. The van der Waals surface area contributed by atoms with Crippen LogP contribution in [0.3, 0.4) is 0 Å². The Bertz CT molecular complexity index is 672. The van der Waals surface area contributed by atoms with E-state index in [2.05, 4.69) is 5.32 Å². The molecule has 128 valence electrons. The van der Waals surface area contributed by atoms with Gasteiger partial charge in [-0.05, 0) is 32.0 Å². The predicted octanol–water partition coefficient (Wildman–Crippen LogP) is 3.18. The minimum atomic E-state index is -0.638. The largest absolute Gasteiger partial charge is 0.494 e. The first-order valence-electron chi connectivity index (χ1n) is 7.93. The summed E-state index contributed by atoms with van der Waals surface area (Å²) in [7, 11) is 1.57. The maximum Gasteiger partial charge on any atom is 0.261 e. The molecule has 0 radical (unpaired) electrons. The summed E-state index contributed by atoms with van der Waals surface area (Å²) < 4.78 is 16.5. The van der Waals surface area contributed by atoms with E-state index in [0.717, 1.165) is 11.3 Å². The Morgan fingerprint density at radius 2 is 1.67 bits per heavy atom. The van der Waals surface area contributed by atoms with Crippen molar-refractivity contribution in [3.05, 3.63) is 54.1 Å². The summed E-state index contributed by atoms with van der Waals surface area (Å²) in [5.41, 5.74) is 0.928. The quantitative estimate of drug-likeness (QED) is 0.808. The monoisotopic (exact) mass is 329 g/mol. The lowest BCUT2D eigenvalue weighted by Crippen LogP contribution is -2.36. The fourth-order valence-electron chi connectivity index (χ4n) is 2.23. The molecule has 2 aromatic carbocycles. The number of carbonyl (C=O) groups excluding carboxylic acids is 1. The molecule has 1 N–H and O–H groups in total. The van der Waals surface area contributed by atoms with Crippen LogP contribution in [0.2, 0.25) is 0 Å². The summed E-state index contributed by atoms with van der Waals surface area (Å²) in [4.78, 5) is 12.3. The van der Waals surface area contributed by atoms with Gasteiger partial charge in [0.15, 0.2) is 17.6 Å². The summed E-state index contributed by atoms with van der Waals surface area (Å²) in [5.74, 6) is 1.71. The standard InChI is InChI=1S/C19H23NO4/c1-4-23-16-10-6-5-9-15(16)13-20-19(21)14(2)24-18-12-8-7-11-17(18)22-3/h5-12,14H,4,13H2,1-3H3,(H,20,21)/t14-/m1/s1. The molecule has 0 aliphatic carbocycles. The fourth-order valence-corrected chi connectivity index (χ4v) is 2.23. The van der Waals surface area contributed by atoms with Crippen molar-refractivity contribution in [2.75, 3.05) is 13.7 Å². The smallest absolute Gasteiger partial charge is 0.261 e. The molecule has 0 saturated carbocycles. The molecule has 0 bridgehead atoms. The normalized spacial score (nSPS) is 11.5. The van der Waals surface area contributed by atoms with E-state index in [9.17, 15) is 4.79 Å². The topological polar surface area (TPSA) is 56.8 Å². The zero-order valence-corrected chi connectivity index (χ0v) is 14.2. The highest BCUT2D eigenvalue weighted by Crippen LogP contribution is 2.26. The van der Waals surface area contributed by atoms with E-state index in [0.29, 0.717) is 24.7 Å². The molecule has 0 unspecified atom stereocenters. The summed E-state index contributed by atoms with van der Waals surface area (Å²) >= 11 is 0. The van der Waals surface area contributed by atoms with Crippen molar-refractivity contribution in [1.29, 1.82) is 0 Å². The van der Waals surface area contributed by atoms with Gasteiger partial charge in [-0.3, -0.25) is 4.79 Å². The number of benzene rings is 2. The van der Waals surface area contributed by atoms with Gasteiger partial charge in [0.05, 0.1) is 13.7 Å².